The van der Waals surface area contributed by atoms with Crippen LogP contribution in [0.1, 0.15) is 12.6 Å². The van der Waals surface area contributed by atoms with E-state index in [1.165, 1.54) is 11.8 Å². The van der Waals surface area contributed by atoms with Crippen LogP contribution < -0.4 is 5.32 Å². The number of carbonyl (C=O) groups is 1. The molecule has 3 aromatic heterocycles. The molecule has 0 fully saturated rings. The van der Waals surface area contributed by atoms with Crippen LogP contribution in [0, 0.1) is 6.92 Å². The van der Waals surface area contributed by atoms with Crippen LogP contribution in [0.2, 0.25) is 0 Å². The second kappa shape index (κ2) is 6.83. The van der Waals surface area contributed by atoms with Crippen molar-refractivity contribution in [2.24, 2.45) is 7.05 Å². The number of aromatic nitrogens is 5. The van der Waals surface area contributed by atoms with Crippen LogP contribution in [0.15, 0.2) is 40.3 Å². The highest BCUT2D eigenvalue weighted by molar-refractivity contribution is 8.00. The number of thioether (sulfide) groups is 1. The Morgan fingerprint density at radius 2 is 2.25 bits per heavy atom. The van der Waals surface area contributed by atoms with Crippen molar-refractivity contribution in [2.75, 3.05) is 5.32 Å². The third kappa shape index (κ3) is 3.46. The van der Waals surface area contributed by atoms with Crippen LogP contribution in [0.5, 0.6) is 0 Å². The highest BCUT2D eigenvalue weighted by atomic mass is 32.2. The molecule has 0 aliphatic heterocycles. The second-order valence-electron chi connectivity index (χ2n) is 5.19. The molecular weight excluding hydrogens is 328 g/mol. The van der Waals surface area contributed by atoms with Gasteiger partial charge >= 0.3 is 0 Å². The lowest BCUT2D eigenvalue weighted by Crippen LogP contribution is -2.22. The molecule has 24 heavy (non-hydrogen) atoms. The lowest BCUT2D eigenvalue weighted by atomic mass is 10.3. The fourth-order valence-corrected chi connectivity index (χ4v) is 2.84. The molecule has 1 amide bonds. The minimum absolute atomic E-state index is 0.193. The number of anilines is 1. The summed E-state index contributed by atoms with van der Waals surface area (Å²) in [7, 11) is 1.86. The molecule has 3 aromatic rings. The maximum Gasteiger partial charge on any atom is 0.240 e. The van der Waals surface area contributed by atoms with E-state index in [0.29, 0.717) is 22.6 Å². The molecule has 0 bridgehead atoms. The summed E-state index contributed by atoms with van der Waals surface area (Å²) in [5.74, 6) is 0.838. The van der Waals surface area contributed by atoms with Gasteiger partial charge in [-0.05, 0) is 26.0 Å². The first-order valence-electron chi connectivity index (χ1n) is 7.25. The van der Waals surface area contributed by atoms with Crippen molar-refractivity contribution in [3.63, 3.8) is 0 Å². The summed E-state index contributed by atoms with van der Waals surface area (Å²) in [6, 6.07) is 5.41. The summed E-state index contributed by atoms with van der Waals surface area (Å²) in [6.07, 6.45) is 3.42. The molecule has 1 atom stereocenters. The number of nitrogens with one attached hydrogen (secondary N) is 1. The molecule has 9 heteroatoms. The number of hydrogen-bond acceptors (Lipinski definition) is 7. The van der Waals surface area contributed by atoms with E-state index in [0.717, 1.165) is 5.56 Å². The van der Waals surface area contributed by atoms with Gasteiger partial charge in [0.15, 0.2) is 11.0 Å². The van der Waals surface area contributed by atoms with Crippen molar-refractivity contribution in [3.05, 3.63) is 36.3 Å². The van der Waals surface area contributed by atoms with Gasteiger partial charge in [0, 0.05) is 31.1 Å². The summed E-state index contributed by atoms with van der Waals surface area (Å²) >= 11 is 1.31. The molecule has 124 valence electrons. The Hall–Kier alpha value is -2.68. The monoisotopic (exact) mass is 344 g/mol. The SMILES string of the molecule is Cc1cc(NC(=O)C(C)Sc2nnc(-c3cccnc3)n2C)on1. The zero-order chi connectivity index (χ0) is 17.1. The van der Waals surface area contributed by atoms with E-state index in [2.05, 4.69) is 25.7 Å². The predicted octanol–water partition coefficient (Wildman–Crippen LogP) is 2.29. The van der Waals surface area contributed by atoms with Gasteiger partial charge in [-0.25, -0.2) is 0 Å². The van der Waals surface area contributed by atoms with E-state index >= 15 is 0 Å². The molecule has 3 rings (SSSR count). The van der Waals surface area contributed by atoms with Crippen LogP contribution in [-0.4, -0.2) is 36.1 Å². The van der Waals surface area contributed by atoms with Gasteiger partial charge in [0.05, 0.1) is 10.9 Å². The van der Waals surface area contributed by atoms with Crippen LogP contribution in [0.25, 0.3) is 11.4 Å². The van der Waals surface area contributed by atoms with Crippen molar-refractivity contribution in [3.8, 4) is 11.4 Å². The molecule has 0 saturated heterocycles. The van der Waals surface area contributed by atoms with Gasteiger partial charge in [-0.2, -0.15) is 0 Å². The molecule has 0 radical (unpaired) electrons. The van der Waals surface area contributed by atoms with E-state index in [1.807, 2.05) is 23.7 Å². The zero-order valence-electron chi connectivity index (χ0n) is 13.4. The number of aryl methyl sites for hydroxylation is 1. The van der Waals surface area contributed by atoms with E-state index in [4.69, 9.17) is 4.52 Å². The highest BCUT2D eigenvalue weighted by Gasteiger charge is 2.20. The van der Waals surface area contributed by atoms with E-state index in [9.17, 15) is 4.79 Å². The molecule has 0 spiro atoms. The Bertz CT molecular complexity index is 845. The summed E-state index contributed by atoms with van der Waals surface area (Å²) in [6.45, 7) is 3.58. The molecule has 0 aliphatic rings. The van der Waals surface area contributed by atoms with Gasteiger partial charge in [0.2, 0.25) is 11.8 Å². The van der Waals surface area contributed by atoms with Crippen LogP contribution in [0.4, 0.5) is 5.88 Å². The van der Waals surface area contributed by atoms with E-state index < -0.39 is 0 Å². The minimum atomic E-state index is -0.375. The zero-order valence-corrected chi connectivity index (χ0v) is 14.2. The smallest absolute Gasteiger partial charge is 0.240 e. The van der Waals surface area contributed by atoms with Gasteiger partial charge in [-0.3, -0.25) is 15.1 Å². The lowest BCUT2D eigenvalue weighted by molar-refractivity contribution is -0.115. The number of rotatable bonds is 5. The fraction of sp³-hybridized carbons (Fsp3) is 0.267. The van der Waals surface area contributed by atoms with Crippen molar-refractivity contribution in [2.45, 2.75) is 24.3 Å². The number of nitrogens with zero attached hydrogens (tertiary/aromatic N) is 5. The summed E-state index contributed by atoms with van der Waals surface area (Å²) < 4.78 is 6.83. The average molecular weight is 344 g/mol. The van der Waals surface area contributed by atoms with Gasteiger partial charge in [-0.1, -0.05) is 16.9 Å². The normalized spacial score (nSPS) is 12.1. The Balaban J connectivity index is 1.69. The second-order valence-corrected chi connectivity index (χ2v) is 6.50. The molecule has 0 aliphatic carbocycles. The quantitative estimate of drug-likeness (QED) is 0.709. The molecule has 1 N–H and O–H groups in total. The third-order valence-corrected chi connectivity index (χ3v) is 4.41. The topological polar surface area (TPSA) is 98.7 Å². The molecule has 0 saturated carbocycles. The van der Waals surface area contributed by atoms with Crippen LogP contribution in [-0.2, 0) is 11.8 Å². The first kappa shape index (κ1) is 16.2. The Labute approximate surface area is 142 Å². The molecule has 8 nitrogen and oxygen atoms in total. The van der Waals surface area contributed by atoms with Gasteiger partial charge in [0.1, 0.15) is 0 Å². The maximum atomic E-state index is 12.2. The Morgan fingerprint density at radius 3 is 2.92 bits per heavy atom. The first-order valence-corrected chi connectivity index (χ1v) is 8.13. The van der Waals surface area contributed by atoms with Crippen molar-refractivity contribution in [1.82, 2.24) is 24.9 Å². The number of carbonyl (C=O) groups excluding carboxylic acids is 1. The lowest BCUT2D eigenvalue weighted by Gasteiger charge is -2.09. The Kier molecular flexibility index (Phi) is 4.61. The average Bonchev–Trinajstić information content (AvgIpc) is 3.14. The van der Waals surface area contributed by atoms with Gasteiger partial charge in [-0.15, -0.1) is 10.2 Å². The Morgan fingerprint density at radius 1 is 1.42 bits per heavy atom. The minimum Gasteiger partial charge on any atom is -0.338 e. The van der Waals surface area contributed by atoms with Crippen LogP contribution >= 0.6 is 11.8 Å². The third-order valence-electron chi connectivity index (χ3n) is 3.28. The summed E-state index contributed by atoms with van der Waals surface area (Å²) in [4.78, 5) is 16.3. The van der Waals surface area contributed by atoms with Crippen molar-refractivity contribution < 1.29 is 9.32 Å². The summed E-state index contributed by atoms with van der Waals surface area (Å²) in [5.41, 5.74) is 1.58. The first-order chi connectivity index (χ1) is 11.5. The fourth-order valence-electron chi connectivity index (χ4n) is 2.02. The van der Waals surface area contributed by atoms with Crippen LogP contribution in [0.3, 0.4) is 0 Å². The van der Waals surface area contributed by atoms with E-state index in [-0.39, 0.29) is 11.2 Å². The van der Waals surface area contributed by atoms with E-state index in [1.54, 1.807) is 32.3 Å². The number of amides is 1. The number of pyridine rings is 1. The summed E-state index contributed by atoms with van der Waals surface area (Å²) in [5, 5.41) is 15.0. The molecule has 3 heterocycles. The highest BCUT2D eigenvalue weighted by Crippen LogP contribution is 2.26. The standard InChI is InChI=1S/C15H16N6O2S/c1-9-7-12(23-20-9)17-14(22)10(2)24-15-19-18-13(21(15)3)11-5-4-6-16-8-11/h4-8,10H,1-3H3,(H,17,22). The van der Waals surface area contributed by atoms with Gasteiger partial charge < -0.3 is 9.09 Å². The maximum absolute atomic E-state index is 12.2. The molecule has 1 unspecified atom stereocenters. The number of hydrogen-bond donors (Lipinski definition) is 1. The van der Waals surface area contributed by atoms with Gasteiger partial charge in [0.25, 0.3) is 0 Å². The largest absolute Gasteiger partial charge is 0.338 e. The predicted molar refractivity (Wildman–Crippen MR) is 89.4 cm³/mol. The van der Waals surface area contributed by atoms with Crippen molar-refractivity contribution >= 4 is 23.6 Å². The van der Waals surface area contributed by atoms with Crippen molar-refractivity contribution in [1.29, 1.82) is 0 Å². The molecular formula is C15H16N6O2S. The molecule has 0 aromatic carbocycles.